The summed E-state index contributed by atoms with van der Waals surface area (Å²) in [6, 6.07) is 0. The van der Waals surface area contributed by atoms with Gasteiger partial charge in [0, 0.05) is 19.3 Å². The van der Waals surface area contributed by atoms with E-state index < -0.39 is 91.5 Å². The lowest BCUT2D eigenvalue weighted by atomic mass is 10.0. The fourth-order valence-corrected chi connectivity index (χ4v) is 13.5. The van der Waals surface area contributed by atoms with Crippen molar-refractivity contribution in [3.8, 4) is 0 Å². The third-order valence-electron chi connectivity index (χ3n) is 18.6. The minimum atomic E-state index is -4.95. The number of aliphatic hydroxyl groups is 2. The lowest BCUT2D eigenvalue weighted by Gasteiger charge is -2.21. The third-order valence-corrected chi connectivity index (χ3v) is 20.5. The molecule has 4 N–H and O–H groups in total. The first-order valence-corrected chi connectivity index (χ1v) is 48.1. The van der Waals surface area contributed by atoms with Gasteiger partial charge in [0.1, 0.15) is 25.4 Å². The van der Waals surface area contributed by atoms with Gasteiger partial charge in [-0.1, -0.05) is 364 Å². The molecular formula is C97H162O16P2. The van der Waals surface area contributed by atoms with Gasteiger partial charge in [0.25, 0.3) is 0 Å². The smallest absolute Gasteiger partial charge is 0.463 e. The van der Waals surface area contributed by atoms with Gasteiger partial charge in [0.05, 0.1) is 26.4 Å². The highest BCUT2D eigenvalue weighted by Crippen LogP contribution is 2.45. The lowest BCUT2D eigenvalue weighted by Crippen LogP contribution is -2.30. The maximum Gasteiger partial charge on any atom is 0.472 e. The van der Waals surface area contributed by atoms with E-state index in [1.54, 1.807) is 0 Å². The molecule has 0 rings (SSSR count). The summed E-state index contributed by atoms with van der Waals surface area (Å²) in [5, 5.41) is 20.7. The van der Waals surface area contributed by atoms with Gasteiger partial charge in [-0.05, 0) is 154 Å². The van der Waals surface area contributed by atoms with Crippen LogP contribution in [0.5, 0.6) is 0 Å². The predicted molar refractivity (Wildman–Crippen MR) is 481 cm³/mol. The van der Waals surface area contributed by atoms with Crippen LogP contribution in [0.4, 0.5) is 0 Å². The van der Waals surface area contributed by atoms with E-state index in [-0.39, 0.29) is 19.3 Å². The van der Waals surface area contributed by atoms with Crippen molar-refractivity contribution in [1.29, 1.82) is 0 Å². The summed E-state index contributed by atoms with van der Waals surface area (Å²) in [4.78, 5) is 58.9. The Kier molecular flexibility index (Phi) is 83.9. The van der Waals surface area contributed by atoms with Crippen molar-refractivity contribution in [2.24, 2.45) is 0 Å². The number of rotatable bonds is 84. The summed E-state index contributed by atoms with van der Waals surface area (Å²) in [7, 11) is -9.82. The quantitative estimate of drug-likeness (QED) is 0.0146. The van der Waals surface area contributed by atoms with Crippen molar-refractivity contribution < 1.29 is 75.8 Å². The molecule has 0 saturated heterocycles. The number of allylic oxidation sites excluding steroid dienone is 30. The molecule has 0 radical (unpaired) electrons. The number of carbonyl (C=O) groups excluding carboxylic acids is 3. The highest BCUT2D eigenvalue weighted by atomic mass is 31.2. The molecule has 0 spiro atoms. The summed E-state index contributed by atoms with van der Waals surface area (Å²) < 4.78 is 61.4. The second-order valence-electron chi connectivity index (χ2n) is 29.6. The molecule has 0 aromatic rings. The highest BCUT2D eigenvalue weighted by molar-refractivity contribution is 7.47. The Balaban J connectivity index is 4.53. The first-order chi connectivity index (χ1) is 56.2. The second-order valence-corrected chi connectivity index (χ2v) is 32.5. The van der Waals surface area contributed by atoms with Gasteiger partial charge in [0.15, 0.2) is 6.10 Å². The van der Waals surface area contributed by atoms with Gasteiger partial charge in [-0.25, -0.2) is 9.13 Å². The van der Waals surface area contributed by atoms with Crippen LogP contribution < -0.4 is 0 Å². The number of hydrogen-bond acceptors (Lipinski definition) is 14. The number of esters is 3. The average Bonchev–Trinajstić information content (AvgIpc) is 0.902. The van der Waals surface area contributed by atoms with Crippen molar-refractivity contribution in [1.82, 2.24) is 0 Å². The molecule has 16 nitrogen and oxygen atoms in total. The van der Waals surface area contributed by atoms with E-state index in [9.17, 15) is 43.5 Å². The Morgan fingerprint density at radius 2 is 0.435 bits per heavy atom. The van der Waals surface area contributed by atoms with Gasteiger partial charge in [-0.3, -0.25) is 32.5 Å². The molecule has 0 aliphatic rings. The molecule has 0 aromatic carbocycles. The molecule has 0 bridgehead atoms. The molecule has 5 unspecified atom stereocenters. The zero-order chi connectivity index (χ0) is 83.6. The lowest BCUT2D eigenvalue weighted by molar-refractivity contribution is -0.161. The molecule has 0 saturated carbocycles. The first kappa shape index (κ1) is 110. The third kappa shape index (κ3) is 89.3. The number of aliphatic hydroxyl groups excluding tert-OH is 2. The Morgan fingerprint density at radius 1 is 0.243 bits per heavy atom. The second kappa shape index (κ2) is 87.9. The predicted octanol–water partition coefficient (Wildman–Crippen LogP) is 27.7. The number of ether oxygens (including phenoxy) is 3. The van der Waals surface area contributed by atoms with Crippen LogP contribution in [-0.2, 0) is 55.8 Å². The molecule has 0 heterocycles. The van der Waals surface area contributed by atoms with Crippen molar-refractivity contribution >= 4 is 33.6 Å². The molecule has 656 valence electrons. The molecular weight excluding hydrogens is 1480 g/mol. The fraction of sp³-hybridized carbons (Fsp3) is 0.660. The number of hydrogen-bond donors (Lipinski definition) is 4. The maximum atomic E-state index is 13.0. The van der Waals surface area contributed by atoms with Crippen LogP contribution in [-0.4, -0.2) is 95.9 Å². The Bertz CT molecular complexity index is 2820. The van der Waals surface area contributed by atoms with Crippen LogP contribution in [0.3, 0.4) is 0 Å². The monoisotopic (exact) mass is 1650 g/mol. The van der Waals surface area contributed by atoms with Crippen molar-refractivity contribution in [2.75, 3.05) is 39.6 Å². The number of phosphoric ester groups is 2. The fourth-order valence-electron chi connectivity index (χ4n) is 11.9. The molecule has 115 heavy (non-hydrogen) atoms. The van der Waals surface area contributed by atoms with Crippen molar-refractivity contribution in [2.45, 2.75) is 373 Å². The molecule has 0 fully saturated rings. The summed E-state index contributed by atoms with van der Waals surface area (Å²) >= 11 is 0. The SMILES string of the molecule is CC/C=C\C/C=C\C/C=C\C/C=C\C/C=C\CCCCCCCCCCCCCCCCCCCCCC(=O)OCC(O)COP(=O)(O)OCC(O)COP(=O)(O)OCC(COC(=O)CCCCCCCCCCC/C=C\C/C=C\C/C=C\C/C=C\C/C=C\CC)OC(=O)CCCCC/C=C\C/C=C\C/C=C\C/C=C\C/C=C\CC. The first-order valence-electron chi connectivity index (χ1n) is 45.1. The molecule has 0 aliphatic heterocycles. The zero-order valence-corrected chi connectivity index (χ0v) is 73.9. The van der Waals surface area contributed by atoms with Gasteiger partial charge in [-0.15, -0.1) is 0 Å². The van der Waals surface area contributed by atoms with Crippen LogP contribution >= 0.6 is 15.6 Å². The van der Waals surface area contributed by atoms with Gasteiger partial charge in [0.2, 0.25) is 0 Å². The maximum absolute atomic E-state index is 13.0. The topological polar surface area (TPSA) is 231 Å². The highest BCUT2D eigenvalue weighted by Gasteiger charge is 2.29. The van der Waals surface area contributed by atoms with Gasteiger partial charge < -0.3 is 34.2 Å². The Labute approximate surface area is 700 Å². The van der Waals surface area contributed by atoms with E-state index >= 15 is 0 Å². The summed E-state index contributed by atoms with van der Waals surface area (Å²) in [5.41, 5.74) is 0. The van der Waals surface area contributed by atoms with E-state index in [2.05, 4.69) is 203 Å². The van der Waals surface area contributed by atoms with E-state index in [0.29, 0.717) is 19.3 Å². The number of carbonyl (C=O) groups is 3. The molecule has 0 aliphatic carbocycles. The van der Waals surface area contributed by atoms with Gasteiger partial charge >= 0.3 is 33.6 Å². The average molecular weight is 1650 g/mol. The standard InChI is InChI=1S/C97H162O16P2/c1-4-7-10-13-16-19-22-25-28-31-34-36-38-40-41-42-43-44-45-46-47-48-49-51-53-54-57-59-62-65-68-71-74-77-80-83-95(100)107-86-92(98)87-109-114(103,104)110-88-93(99)89-111-115(105,106)112-91-94(113-97(102)85-82-79-76-73-70-67-64-61-56-33-30-27-24-21-18-15-12-9-6-3)90-108-96(101)84-81-78-75-72-69-66-63-60-58-55-52-50-39-37-35-32-29-26-23-20-17-14-11-8-5-2/h7-12,16-21,25-30,34-37,40-41,50,52,56,61,67,70,92-94,98-99H,4-6,13-15,22-24,31-33,38-39,42-49,51,53-55,57-60,62-66,68-69,71-91H2,1-3H3,(H,103,104)(H,105,106)/b10-7-,11-8-,12-9-,19-16-,20-17-,21-18-,28-25-,29-26-,30-27-,36-34-,37-35-,41-40-,52-50-,61-56-,70-67-. The van der Waals surface area contributed by atoms with Crippen LogP contribution in [0.1, 0.15) is 355 Å². The largest absolute Gasteiger partial charge is 0.472 e. The number of phosphoric acid groups is 2. The minimum Gasteiger partial charge on any atom is -0.463 e. The minimum absolute atomic E-state index is 0.0586. The summed E-state index contributed by atoms with van der Waals surface area (Å²) in [6.45, 7) is 2.32. The van der Waals surface area contributed by atoms with E-state index in [0.717, 1.165) is 167 Å². The molecule has 18 heteroatoms. The molecule has 0 aromatic heterocycles. The van der Waals surface area contributed by atoms with E-state index in [1.807, 2.05) is 0 Å². The Hall–Kier alpha value is -5.35. The van der Waals surface area contributed by atoms with E-state index in [4.69, 9.17) is 32.3 Å². The number of unbranched alkanes of at least 4 members (excludes halogenated alkanes) is 31. The Morgan fingerprint density at radius 3 is 0.696 bits per heavy atom. The summed E-state index contributed by atoms with van der Waals surface area (Å²) in [6.07, 6.45) is 115. The normalized spacial score (nSPS) is 14.7. The molecule has 0 amide bonds. The van der Waals surface area contributed by atoms with Gasteiger partial charge in [-0.2, -0.15) is 0 Å². The van der Waals surface area contributed by atoms with Crippen molar-refractivity contribution in [3.63, 3.8) is 0 Å². The van der Waals surface area contributed by atoms with Crippen LogP contribution in [0.25, 0.3) is 0 Å². The van der Waals surface area contributed by atoms with E-state index in [1.165, 1.54) is 128 Å². The molecule has 5 atom stereocenters. The van der Waals surface area contributed by atoms with Crippen LogP contribution in [0, 0.1) is 0 Å². The van der Waals surface area contributed by atoms with Crippen LogP contribution in [0.15, 0.2) is 182 Å². The zero-order valence-electron chi connectivity index (χ0n) is 72.1. The van der Waals surface area contributed by atoms with Crippen molar-refractivity contribution in [3.05, 3.63) is 182 Å². The van der Waals surface area contributed by atoms with Crippen LogP contribution in [0.2, 0.25) is 0 Å². The summed E-state index contributed by atoms with van der Waals surface area (Å²) in [5.74, 6) is -1.62.